The van der Waals surface area contributed by atoms with Crippen LogP contribution in [-0.4, -0.2) is 51.9 Å². The Hall–Kier alpha value is -2.73. The second-order valence-corrected chi connectivity index (χ2v) is 8.98. The van der Waals surface area contributed by atoms with Crippen molar-refractivity contribution < 1.29 is 31.1 Å². The molecule has 2 N–H and O–H groups in total. The Labute approximate surface area is 177 Å². The van der Waals surface area contributed by atoms with Crippen molar-refractivity contribution in [2.45, 2.75) is 30.9 Å². The summed E-state index contributed by atoms with van der Waals surface area (Å²) in [4.78, 5) is 16.3. The van der Waals surface area contributed by atoms with Gasteiger partial charge in [-0.25, -0.2) is 18.1 Å². The molecule has 0 saturated heterocycles. The Kier molecular flexibility index (Phi) is 6.23. The largest absolute Gasteiger partial charge is 0.483 e. The van der Waals surface area contributed by atoms with E-state index in [-0.39, 0.29) is 24.2 Å². The van der Waals surface area contributed by atoms with Gasteiger partial charge in [0.1, 0.15) is 0 Å². The van der Waals surface area contributed by atoms with Gasteiger partial charge in [-0.3, -0.25) is 10.2 Å². The Morgan fingerprint density at radius 2 is 2.06 bits per heavy atom. The number of hydrogen-bond donors (Lipinski definition) is 2. The number of rotatable bonds is 6. The zero-order chi connectivity index (χ0) is 22.9. The third-order valence-corrected chi connectivity index (χ3v) is 5.74. The number of hydrazone groups is 1. The number of aliphatic imine (C=N–C) groups is 1. The summed E-state index contributed by atoms with van der Waals surface area (Å²) in [7, 11) is -2.26. The van der Waals surface area contributed by atoms with Gasteiger partial charge < -0.3 is 4.74 Å². The lowest BCUT2D eigenvalue weighted by Crippen LogP contribution is -2.56. The normalized spacial score (nSPS) is 21.1. The van der Waals surface area contributed by atoms with Gasteiger partial charge in [-0.05, 0) is 18.4 Å². The molecule has 0 spiro atoms. The van der Waals surface area contributed by atoms with E-state index in [1.807, 2.05) is 0 Å². The van der Waals surface area contributed by atoms with Crippen LogP contribution in [0.15, 0.2) is 40.6 Å². The summed E-state index contributed by atoms with van der Waals surface area (Å²) in [6.07, 6.45) is -1.03. The summed E-state index contributed by atoms with van der Waals surface area (Å²) in [5, 5.41) is 4.16. The molecular weight excluding hydrogens is 437 g/mol. The first-order chi connectivity index (χ1) is 14.5. The van der Waals surface area contributed by atoms with Gasteiger partial charge in [-0.1, -0.05) is 18.2 Å². The molecule has 1 aromatic rings. The third kappa shape index (κ3) is 4.35. The topological polar surface area (TPSA) is 109 Å². The average molecular weight is 458 g/mol. The zero-order valence-corrected chi connectivity index (χ0v) is 17.6. The standard InChI is InChI=1S/C19H21F3N4O4S/c1-30-17-18(19(20,21)22,15(27)8-10-23-17)14-7-3-5-12-11-13(25-26-16(12)14)6-4-9-24-31(2,28)29/h3,5,7-8,10,24,26H,4,6,9,11H2,1-2H3. The molecule has 31 heavy (non-hydrogen) atoms. The van der Waals surface area contributed by atoms with Crippen LogP contribution < -0.4 is 10.1 Å². The predicted molar refractivity (Wildman–Crippen MR) is 110 cm³/mol. The van der Waals surface area contributed by atoms with E-state index in [9.17, 15) is 26.4 Å². The second kappa shape index (κ2) is 8.42. The van der Waals surface area contributed by atoms with E-state index in [1.165, 1.54) is 12.1 Å². The van der Waals surface area contributed by atoms with Crippen molar-refractivity contribution in [3.8, 4) is 0 Å². The van der Waals surface area contributed by atoms with E-state index in [0.29, 0.717) is 24.1 Å². The number of para-hydroxylation sites is 1. The molecular formula is C19H21F3N4O4S. The molecule has 168 valence electrons. The molecule has 12 heteroatoms. The van der Waals surface area contributed by atoms with Crippen molar-refractivity contribution in [3.63, 3.8) is 0 Å². The van der Waals surface area contributed by atoms with Gasteiger partial charge in [-0.2, -0.15) is 18.3 Å². The first-order valence-corrected chi connectivity index (χ1v) is 11.2. The highest BCUT2D eigenvalue weighted by Crippen LogP contribution is 2.48. The SMILES string of the molecule is COC1=NC=CC(=O)C1(c1cccc2c1NN=C(CCCNS(C)(=O)=O)C2)C(F)(F)F. The number of fused-ring (bicyclic) bond motifs is 1. The predicted octanol–water partition coefficient (Wildman–Crippen LogP) is 2.28. The second-order valence-electron chi connectivity index (χ2n) is 7.14. The minimum Gasteiger partial charge on any atom is -0.483 e. The first-order valence-electron chi connectivity index (χ1n) is 9.29. The molecule has 0 aliphatic carbocycles. The number of carbonyl (C=O) groups excluding carboxylic acids is 1. The quantitative estimate of drug-likeness (QED) is 0.636. The Bertz CT molecular complexity index is 1080. The number of benzene rings is 1. The van der Waals surface area contributed by atoms with Gasteiger partial charge in [0.15, 0.2) is 5.78 Å². The van der Waals surface area contributed by atoms with Crippen LogP contribution in [-0.2, 0) is 31.4 Å². The average Bonchev–Trinajstić information content (AvgIpc) is 2.69. The van der Waals surface area contributed by atoms with E-state index in [0.717, 1.165) is 25.6 Å². The summed E-state index contributed by atoms with van der Waals surface area (Å²) in [5.41, 5.74) is 0.492. The fraction of sp³-hybridized carbons (Fsp3) is 0.421. The van der Waals surface area contributed by atoms with Crippen molar-refractivity contribution in [2.24, 2.45) is 10.1 Å². The smallest absolute Gasteiger partial charge is 0.414 e. The molecule has 0 radical (unpaired) electrons. The molecule has 3 rings (SSSR count). The van der Waals surface area contributed by atoms with Crippen LogP contribution >= 0.6 is 0 Å². The van der Waals surface area contributed by atoms with Crippen molar-refractivity contribution in [3.05, 3.63) is 41.6 Å². The van der Waals surface area contributed by atoms with Gasteiger partial charge >= 0.3 is 6.18 Å². The Balaban J connectivity index is 1.94. The highest BCUT2D eigenvalue weighted by Gasteiger charge is 2.67. The number of nitrogens with one attached hydrogen (secondary N) is 2. The lowest BCUT2D eigenvalue weighted by Gasteiger charge is -2.37. The minimum atomic E-state index is -5.01. The van der Waals surface area contributed by atoms with Gasteiger partial charge in [0, 0.05) is 36.5 Å². The summed E-state index contributed by atoms with van der Waals surface area (Å²) in [6.45, 7) is 0.219. The molecule has 2 aliphatic heterocycles. The molecule has 1 unspecified atom stereocenters. The minimum absolute atomic E-state index is 0.0752. The Morgan fingerprint density at radius 3 is 2.71 bits per heavy atom. The number of ether oxygens (including phenoxy) is 1. The fourth-order valence-electron chi connectivity index (χ4n) is 3.65. The zero-order valence-electron chi connectivity index (χ0n) is 16.8. The maximum absolute atomic E-state index is 14.4. The highest BCUT2D eigenvalue weighted by atomic mass is 32.2. The van der Waals surface area contributed by atoms with Gasteiger partial charge in [0.05, 0.1) is 19.1 Å². The van der Waals surface area contributed by atoms with Crippen molar-refractivity contribution in [2.75, 3.05) is 25.3 Å². The summed E-state index contributed by atoms with van der Waals surface area (Å²) >= 11 is 0. The van der Waals surface area contributed by atoms with Crippen LogP contribution in [0.2, 0.25) is 0 Å². The van der Waals surface area contributed by atoms with Crippen molar-refractivity contribution in [1.82, 2.24) is 4.72 Å². The number of sulfonamides is 1. The van der Waals surface area contributed by atoms with Crippen LogP contribution in [0.3, 0.4) is 0 Å². The van der Waals surface area contributed by atoms with Crippen molar-refractivity contribution >= 4 is 33.1 Å². The molecule has 2 heterocycles. The lowest BCUT2D eigenvalue weighted by molar-refractivity contribution is -0.178. The van der Waals surface area contributed by atoms with E-state index < -0.39 is 33.3 Å². The number of methoxy groups -OCH3 is 1. The number of carbonyl (C=O) groups is 1. The molecule has 0 aromatic heterocycles. The molecule has 1 aromatic carbocycles. The lowest BCUT2D eigenvalue weighted by atomic mass is 9.72. The summed E-state index contributed by atoms with van der Waals surface area (Å²) in [5.74, 6) is -1.96. The number of nitrogens with zero attached hydrogens (tertiary/aromatic N) is 2. The number of alkyl halides is 3. The number of anilines is 1. The molecule has 0 fully saturated rings. The van der Waals surface area contributed by atoms with Gasteiger partial charge in [0.2, 0.25) is 21.3 Å². The first kappa shape index (κ1) is 22.9. The molecule has 0 amide bonds. The van der Waals surface area contributed by atoms with E-state index >= 15 is 0 Å². The molecule has 2 aliphatic rings. The Morgan fingerprint density at radius 1 is 1.32 bits per heavy atom. The number of hydrogen-bond acceptors (Lipinski definition) is 7. The van der Waals surface area contributed by atoms with Crippen LogP contribution in [0.25, 0.3) is 0 Å². The molecule has 0 saturated carbocycles. The van der Waals surface area contributed by atoms with E-state index in [4.69, 9.17) is 4.74 Å². The van der Waals surface area contributed by atoms with E-state index in [1.54, 1.807) is 6.07 Å². The highest BCUT2D eigenvalue weighted by molar-refractivity contribution is 7.88. The fourth-order valence-corrected chi connectivity index (χ4v) is 4.16. The molecule has 8 nitrogen and oxygen atoms in total. The van der Waals surface area contributed by atoms with Crippen LogP contribution in [0.4, 0.5) is 18.9 Å². The maximum Gasteiger partial charge on any atom is 0.414 e. The molecule has 1 atom stereocenters. The van der Waals surface area contributed by atoms with Crippen molar-refractivity contribution in [1.29, 1.82) is 0 Å². The number of ketones is 1. The summed E-state index contributed by atoms with van der Waals surface area (Å²) in [6, 6.07) is 4.30. The maximum atomic E-state index is 14.4. The molecule has 0 bridgehead atoms. The van der Waals surface area contributed by atoms with E-state index in [2.05, 4.69) is 20.2 Å². The van der Waals surface area contributed by atoms with Gasteiger partial charge in [0.25, 0.3) is 0 Å². The number of halogens is 3. The summed E-state index contributed by atoms with van der Waals surface area (Å²) < 4.78 is 72.7. The van der Waals surface area contributed by atoms with Gasteiger partial charge in [-0.15, -0.1) is 0 Å². The van der Waals surface area contributed by atoms with Crippen LogP contribution in [0.1, 0.15) is 24.0 Å². The third-order valence-electron chi connectivity index (χ3n) is 5.01. The van der Waals surface area contributed by atoms with Crippen LogP contribution in [0, 0.1) is 0 Å². The van der Waals surface area contributed by atoms with Crippen LogP contribution in [0.5, 0.6) is 0 Å². The number of allylic oxidation sites excluding steroid dienone is 1. The monoisotopic (exact) mass is 458 g/mol.